The Morgan fingerprint density at radius 3 is 2.56 bits per heavy atom. The summed E-state index contributed by atoms with van der Waals surface area (Å²) in [6.45, 7) is 10.1. The molecule has 2 rings (SSSR count). The number of carbonyl (C=O) groups is 1. The predicted molar refractivity (Wildman–Crippen MR) is 71.6 cm³/mol. The van der Waals surface area contributed by atoms with Crippen molar-refractivity contribution >= 4 is 17.7 Å². The molecule has 0 aromatic carbocycles. The molecule has 1 fully saturated rings. The molecule has 4 nitrogen and oxygen atoms in total. The third-order valence-electron chi connectivity index (χ3n) is 4.70. The van der Waals surface area contributed by atoms with E-state index in [0.29, 0.717) is 16.7 Å². The average molecular weight is 268 g/mol. The van der Waals surface area contributed by atoms with Crippen LogP contribution in [0.5, 0.6) is 0 Å². The summed E-state index contributed by atoms with van der Waals surface area (Å²) in [5.74, 6) is -0.126. The highest BCUT2D eigenvalue weighted by Gasteiger charge is 2.64. The molecule has 1 heterocycles. The normalized spacial score (nSPS) is 20.9. The first-order valence-corrected chi connectivity index (χ1v) is 7.11. The largest absolute Gasteiger partial charge is 0.481 e. The Kier molecular flexibility index (Phi) is 3.21. The zero-order valence-corrected chi connectivity index (χ0v) is 12.1. The Labute approximate surface area is 112 Å². The van der Waals surface area contributed by atoms with Crippen LogP contribution < -0.4 is 0 Å². The third kappa shape index (κ3) is 2.16. The van der Waals surface area contributed by atoms with Gasteiger partial charge in [-0.25, -0.2) is 4.98 Å². The van der Waals surface area contributed by atoms with Gasteiger partial charge in [0.15, 0.2) is 5.16 Å². The molecule has 1 aliphatic carbocycles. The van der Waals surface area contributed by atoms with Crippen LogP contribution in [0.3, 0.4) is 0 Å². The lowest BCUT2D eigenvalue weighted by molar-refractivity contribution is -0.133. The van der Waals surface area contributed by atoms with Crippen LogP contribution in [0.1, 0.15) is 27.7 Å². The van der Waals surface area contributed by atoms with Gasteiger partial charge in [-0.3, -0.25) is 4.79 Å². The summed E-state index contributed by atoms with van der Waals surface area (Å²) in [5, 5.41) is 9.51. The van der Waals surface area contributed by atoms with E-state index in [1.807, 2.05) is 6.20 Å². The van der Waals surface area contributed by atoms with Gasteiger partial charge in [-0.05, 0) is 16.7 Å². The first kappa shape index (κ1) is 13.5. The second-order valence-electron chi connectivity index (χ2n) is 6.04. The second-order valence-corrected chi connectivity index (χ2v) is 6.98. The van der Waals surface area contributed by atoms with Crippen LogP contribution >= 0.6 is 11.8 Å². The number of hydrogen-bond acceptors (Lipinski definition) is 3. The smallest absolute Gasteiger partial charge is 0.313 e. The van der Waals surface area contributed by atoms with Crippen LogP contribution in [0, 0.1) is 16.7 Å². The average Bonchev–Trinajstić information content (AvgIpc) is 2.64. The predicted octanol–water partition coefficient (Wildman–Crippen LogP) is 2.74. The summed E-state index contributed by atoms with van der Waals surface area (Å²) in [4.78, 5) is 14.8. The minimum absolute atomic E-state index is 0.0640. The van der Waals surface area contributed by atoms with Crippen molar-refractivity contribution in [2.75, 3.05) is 5.75 Å². The lowest BCUT2D eigenvalue weighted by atomic mass is 10.0. The molecule has 0 saturated heterocycles. The third-order valence-corrected chi connectivity index (χ3v) is 5.69. The van der Waals surface area contributed by atoms with Crippen molar-refractivity contribution in [2.45, 2.75) is 39.4 Å². The topological polar surface area (TPSA) is 55.1 Å². The number of hydrogen-bond donors (Lipinski definition) is 1. The van der Waals surface area contributed by atoms with E-state index in [9.17, 15) is 4.79 Å². The zero-order valence-electron chi connectivity index (χ0n) is 11.3. The number of aromatic nitrogens is 2. The molecular weight excluding hydrogens is 248 g/mol. The van der Waals surface area contributed by atoms with E-state index in [4.69, 9.17) is 5.11 Å². The molecule has 18 heavy (non-hydrogen) atoms. The van der Waals surface area contributed by atoms with E-state index < -0.39 is 5.97 Å². The van der Waals surface area contributed by atoms with Gasteiger partial charge >= 0.3 is 5.97 Å². The Morgan fingerprint density at radius 1 is 1.44 bits per heavy atom. The van der Waals surface area contributed by atoms with Gasteiger partial charge in [0.05, 0.1) is 5.75 Å². The van der Waals surface area contributed by atoms with Crippen LogP contribution in [0.15, 0.2) is 17.6 Å². The lowest BCUT2D eigenvalue weighted by Crippen LogP contribution is -2.06. The van der Waals surface area contributed by atoms with Gasteiger partial charge in [0.25, 0.3) is 0 Å². The summed E-state index contributed by atoms with van der Waals surface area (Å²) < 4.78 is 2.08. The van der Waals surface area contributed by atoms with Crippen molar-refractivity contribution < 1.29 is 9.90 Å². The summed E-state index contributed by atoms with van der Waals surface area (Å²) in [5.41, 5.74) is 0.679. The molecular formula is C13H20N2O2S. The molecule has 5 heteroatoms. The highest BCUT2D eigenvalue weighted by atomic mass is 32.2. The molecule has 1 aromatic heterocycles. The van der Waals surface area contributed by atoms with Crippen molar-refractivity contribution in [3.05, 3.63) is 12.4 Å². The fourth-order valence-corrected chi connectivity index (χ4v) is 3.38. The maximum Gasteiger partial charge on any atom is 0.313 e. The number of imidazole rings is 1. The molecule has 1 N–H and O–H groups in total. The number of carboxylic acid groups (broad SMARTS) is 1. The zero-order chi connectivity index (χ0) is 13.6. The first-order chi connectivity index (χ1) is 8.26. The summed E-state index contributed by atoms with van der Waals surface area (Å²) in [6.07, 6.45) is 3.68. The van der Waals surface area contributed by atoms with Crippen molar-refractivity contribution in [1.29, 1.82) is 0 Å². The number of aliphatic carboxylic acids is 1. The Hall–Kier alpha value is -0.970. The first-order valence-electron chi connectivity index (χ1n) is 6.12. The highest BCUT2D eigenvalue weighted by Crippen LogP contribution is 2.68. The van der Waals surface area contributed by atoms with Gasteiger partial charge < -0.3 is 9.67 Å². The van der Waals surface area contributed by atoms with Crippen LogP contribution in [0.4, 0.5) is 0 Å². The number of carboxylic acids is 1. The van der Waals surface area contributed by atoms with Crippen molar-refractivity contribution in [3.8, 4) is 0 Å². The van der Waals surface area contributed by atoms with Crippen molar-refractivity contribution in [2.24, 2.45) is 16.7 Å². The molecule has 0 radical (unpaired) electrons. The molecule has 0 aliphatic heterocycles. The molecule has 0 atom stereocenters. The van der Waals surface area contributed by atoms with Crippen LogP contribution in [-0.4, -0.2) is 26.4 Å². The van der Waals surface area contributed by atoms with E-state index in [2.05, 4.69) is 37.2 Å². The van der Waals surface area contributed by atoms with E-state index in [0.717, 1.165) is 11.7 Å². The van der Waals surface area contributed by atoms with Gasteiger partial charge in [-0.15, -0.1) is 0 Å². The minimum Gasteiger partial charge on any atom is -0.481 e. The van der Waals surface area contributed by atoms with Gasteiger partial charge in [0.2, 0.25) is 0 Å². The van der Waals surface area contributed by atoms with Gasteiger partial charge in [0.1, 0.15) is 0 Å². The standard InChI is InChI=1S/C13H20N2O2S/c1-12(2)9(13(12,3)4)7-15-6-5-14-11(15)18-8-10(16)17/h5-6,9H,7-8H2,1-4H3,(H,16,17). The molecule has 0 spiro atoms. The quantitative estimate of drug-likeness (QED) is 0.834. The molecule has 1 saturated carbocycles. The fourth-order valence-electron chi connectivity index (χ4n) is 2.69. The summed E-state index contributed by atoms with van der Waals surface area (Å²) in [6, 6.07) is 0. The lowest BCUT2D eigenvalue weighted by Gasteiger charge is -2.07. The molecule has 0 unspecified atom stereocenters. The van der Waals surface area contributed by atoms with E-state index in [-0.39, 0.29) is 5.75 Å². The number of thioether (sulfide) groups is 1. The van der Waals surface area contributed by atoms with E-state index >= 15 is 0 Å². The van der Waals surface area contributed by atoms with Crippen LogP contribution in [-0.2, 0) is 11.3 Å². The van der Waals surface area contributed by atoms with Gasteiger partial charge in [0, 0.05) is 18.9 Å². The highest BCUT2D eigenvalue weighted by molar-refractivity contribution is 7.99. The van der Waals surface area contributed by atoms with E-state index in [1.165, 1.54) is 11.8 Å². The molecule has 0 amide bonds. The molecule has 1 aliphatic rings. The molecule has 100 valence electrons. The Morgan fingerprint density at radius 2 is 2.06 bits per heavy atom. The SMILES string of the molecule is CC1(C)C(Cn2ccnc2SCC(=O)O)C1(C)C. The van der Waals surface area contributed by atoms with E-state index in [1.54, 1.807) is 6.20 Å². The van der Waals surface area contributed by atoms with Gasteiger partial charge in [-0.1, -0.05) is 39.5 Å². The molecule has 0 bridgehead atoms. The fraction of sp³-hybridized carbons (Fsp3) is 0.692. The maximum atomic E-state index is 10.6. The summed E-state index contributed by atoms with van der Waals surface area (Å²) >= 11 is 1.28. The van der Waals surface area contributed by atoms with Crippen LogP contribution in [0.25, 0.3) is 0 Å². The summed E-state index contributed by atoms with van der Waals surface area (Å²) in [7, 11) is 0. The second kappa shape index (κ2) is 4.30. The van der Waals surface area contributed by atoms with Crippen LogP contribution in [0.2, 0.25) is 0 Å². The Bertz CT molecular complexity index is 451. The number of rotatable bonds is 5. The van der Waals surface area contributed by atoms with Crippen molar-refractivity contribution in [1.82, 2.24) is 9.55 Å². The minimum atomic E-state index is -0.804. The molecule has 1 aromatic rings. The van der Waals surface area contributed by atoms with Gasteiger partial charge in [-0.2, -0.15) is 0 Å². The number of nitrogens with zero attached hydrogens (tertiary/aromatic N) is 2. The maximum absolute atomic E-state index is 10.6. The monoisotopic (exact) mass is 268 g/mol. The van der Waals surface area contributed by atoms with Crippen molar-refractivity contribution in [3.63, 3.8) is 0 Å². The Balaban J connectivity index is 2.03.